The fourth-order valence-corrected chi connectivity index (χ4v) is 3.27. The molecule has 1 fully saturated rings. The molecule has 98 valence electrons. The van der Waals surface area contributed by atoms with Crippen LogP contribution in [0.15, 0.2) is 18.2 Å². The van der Waals surface area contributed by atoms with Gasteiger partial charge in [0.05, 0.1) is 0 Å². The van der Waals surface area contributed by atoms with Gasteiger partial charge in [-0.2, -0.15) is 11.8 Å². The lowest BCUT2D eigenvalue weighted by Gasteiger charge is -2.40. The third-order valence-corrected chi connectivity index (χ3v) is 5.09. The molecule has 0 radical (unpaired) electrons. The van der Waals surface area contributed by atoms with Crippen LogP contribution in [-0.2, 0) is 0 Å². The topological polar surface area (TPSA) is 55.1 Å². The number of nitrogens with one attached hydrogen (secondary N) is 1. The van der Waals surface area contributed by atoms with Gasteiger partial charge in [0.15, 0.2) is 0 Å². The van der Waals surface area contributed by atoms with E-state index in [4.69, 9.17) is 17.3 Å². The average Bonchev–Trinajstić information content (AvgIpc) is 2.26. The van der Waals surface area contributed by atoms with Gasteiger partial charge < -0.3 is 11.1 Å². The van der Waals surface area contributed by atoms with Gasteiger partial charge >= 0.3 is 0 Å². The molecule has 0 aliphatic heterocycles. The molecule has 1 aliphatic carbocycles. The fraction of sp³-hybridized carbons (Fsp3) is 0.462. The highest BCUT2D eigenvalue weighted by Gasteiger charge is 2.36. The first-order valence-electron chi connectivity index (χ1n) is 5.94. The van der Waals surface area contributed by atoms with E-state index in [2.05, 4.69) is 11.6 Å². The highest BCUT2D eigenvalue weighted by atomic mass is 35.5. The number of rotatable bonds is 4. The maximum atomic E-state index is 12.0. The molecule has 0 aromatic heterocycles. The Morgan fingerprint density at radius 1 is 1.50 bits per heavy atom. The molecular formula is C13H17ClN2OS. The highest BCUT2D eigenvalue weighted by Crippen LogP contribution is 2.42. The summed E-state index contributed by atoms with van der Waals surface area (Å²) in [5.74, 6) is -0.107. The van der Waals surface area contributed by atoms with Gasteiger partial charge in [-0.15, -0.1) is 0 Å². The second kappa shape index (κ2) is 5.41. The minimum absolute atomic E-state index is 0.107. The molecule has 1 aromatic carbocycles. The monoisotopic (exact) mass is 284 g/mol. The Kier molecular flexibility index (Phi) is 4.07. The van der Waals surface area contributed by atoms with Gasteiger partial charge in [0, 0.05) is 27.6 Å². The summed E-state index contributed by atoms with van der Waals surface area (Å²) in [5.41, 5.74) is 6.71. The number of nitrogen functional groups attached to an aromatic ring is 1. The molecule has 0 unspecified atom stereocenters. The Labute approximate surface area is 116 Å². The number of carbonyl (C=O) groups excluding carboxylic acids is 1. The Bertz CT molecular complexity index is 435. The molecule has 0 bridgehead atoms. The van der Waals surface area contributed by atoms with E-state index in [-0.39, 0.29) is 10.7 Å². The summed E-state index contributed by atoms with van der Waals surface area (Å²) in [6, 6.07) is 4.92. The number of hydrogen-bond donors (Lipinski definition) is 2. The van der Waals surface area contributed by atoms with Crippen molar-refractivity contribution >= 4 is 35.0 Å². The number of halogens is 1. The molecule has 1 saturated carbocycles. The first-order valence-corrected chi connectivity index (χ1v) is 7.54. The number of nitrogens with two attached hydrogens (primary N) is 1. The molecule has 0 heterocycles. The molecule has 1 amide bonds. The van der Waals surface area contributed by atoms with Gasteiger partial charge in [0.1, 0.15) is 0 Å². The van der Waals surface area contributed by atoms with Crippen LogP contribution in [0.25, 0.3) is 0 Å². The summed E-state index contributed by atoms with van der Waals surface area (Å²) in [7, 11) is 0. The van der Waals surface area contributed by atoms with Crippen molar-refractivity contribution in [3.63, 3.8) is 0 Å². The van der Waals surface area contributed by atoms with Crippen LogP contribution in [0.2, 0.25) is 5.02 Å². The summed E-state index contributed by atoms with van der Waals surface area (Å²) in [4.78, 5) is 12.0. The lowest BCUT2D eigenvalue weighted by atomic mass is 9.84. The average molecular weight is 285 g/mol. The highest BCUT2D eigenvalue weighted by molar-refractivity contribution is 8.00. The van der Waals surface area contributed by atoms with E-state index in [1.807, 2.05) is 11.8 Å². The van der Waals surface area contributed by atoms with E-state index < -0.39 is 0 Å². The first-order chi connectivity index (χ1) is 8.54. The van der Waals surface area contributed by atoms with E-state index >= 15 is 0 Å². The van der Waals surface area contributed by atoms with Gasteiger partial charge in [0.25, 0.3) is 5.91 Å². The summed E-state index contributed by atoms with van der Waals surface area (Å²) in [5, 5.41) is 3.46. The third kappa shape index (κ3) is 2.93. The van der Waals surface area contributed by atoms with Crippen LogP contribution in [0.4, 0.5) is 5.69 Å². The molecule has 1 aromatic rings. The van der Waals surface area contributed by atoms with Crippen molar-refractivity contribution in [2.45, 2.75) is 24.0 Å². The van der Waals surface area contributed by atoms with Crippen LogP contribution in [0, 0.1) is 0 Å². The smallest absolute Gasteiger partial charge is 0.251 e. The van der Waals surface area contributed by atoms with E-state index in [1.54, 1.807) is 18.2 Å². The molecular weight excluding hydrogens is 268 g/mol. The van der Waals surface area contributed by atoms with Crippen molar-refractivity contribution in [1.82, 2.24) is 5.32 Å². The van der Waals surface area contributed by atoms with E-state index in [9.17, 15) is 4.79 Å². The molecule has 0 atom stereocenters. The van der Waals surface area contributed by atoms with Crippen molar-refractivity contribution in [3.05, 3.63) is 28.8 Å². The van der Waals surface area contributed by atoms with Crippen molar-refractivity contribution in [1.29, 1.82) is 0 Å². The Hall–Kier alpha value is -0.870. The normalized spacial score (nSPS) is 17.0. The number of hydrogen-bond acceptors (Lipinski definition) is 3. The number of thioether (sulfide) groups is 1. The SMILES string of the molecule is CSC1(CNC(=O)c2cc(N)cc(Cl)c2)CCC1. The van der Waals surface area contributed by atoms with Crippen LogP contribution >= 0.6 is 23.4 Å². The minimum atomic E-state index is -0.107. The van der Waals surface area contributed by atoms with Gasteiger partial charge in [-0.1, -0.05) is 18.0 Å². The quantitative estimate of drug-likeness (QED) is 0.836. The molecule has 18 heavy (non-hydrogen) atoms. The molecule has 0 spiro atoms. The zero-order valence-corrected chi connectivity index (χ0v) is 11.9. The van der Waals surface area contributed by atoms with Crippen molar-refractivity contribution < 1.29 is 4.79 Å². The minimum Gasteiger partial charge on any atom is -0.399 e. The summed E-state index contributed by atoms with van der Waals surface area (Å²) >= 11 is 7.72. The number of amides is 1. The van der Waals surface area contributed by atoms with Gasteiger partial charge in [0.2, 0.25) is 0 Å². The Balaban J connectivity index is 1.99. The summed E-state index contributed by atoms with van der Waals surface area (Å²) < 4.78 is 0.236. The Morgan fingerprint density at radius 3 is 2.72 bits per heavy atom. The van der Waals surface area contributed by atoms with Crippen LogP contribution in [0.5, 0.6) is 0 Å². The zero-order valence-electron chi connectivity index (χ0n) is 10.3. The van der Waals surface area contributed by atoms with Gasteiger partial charge in [-0.05, 0) is 37.3 Å². The summed E-state index contributed by atoms with van der Waals surface area (Å²) in [6.07, 6.45) is 5.70. The van der Waals surface area contributed by atoms with Gasteiger partial charge in [-0.3, -0.25) is 4.79 Å². The predicted octanol–water partition coefficient (Wildman–Crippen LogP) is 2.94. The maximum Gasteiger partial charge on any atom is 0.251 e. The van der Waals surface area contributed by atoms with Crippen molar-refractivity contribution in [2.24, 2.45) is 0 Å². The molecule has 2 rings (SSSR count). The molecule has 1 aliphatic rings. The predicted molar refractivity (Wildman–Crippen MR) is 78.3 cm³/mol. The molecule has 0 saturated heterocycles. The van der Waals surface area contributed by atoms with Crippen LogP contribution in [0.3, 0.4) is 0 Å². The molecule has 3 nitrogen and oxygen atoms in total. The lowest BCUT2D eigenvalue weighted by Crippen LogP contribution is -2.45. The standard InChI is InChI=1S/C13H17ClN2OS/c1-18-13(3-2-4-13)8-16-12(17)9-5-10(14)7-11(15)6-9/h5-7H,2-4,8,15H2,1H3,(H,16,17). The molecule has 5 heteroatoms. The number of carbonyl (C=O) groups is 1. The Morgan fingerprint density at radius 2 is 2.22 bits per heavy atom. The van der Waals surface area contributed by atoms with Crippen LogP contribution in [0.1, 0.15) is 29.6 Å². The van der Waals surface area contributed by atoms with Crippen molar-refractivity contribution in [2.75, 3.05) is 18.5 Å². The zero-order chi connectivity index (χ0) is 13.2. The second-order valence-electron chi connectivity index (χ2n) is 4.70. The van der Waals surface area contributed by atoms with Crippen molar-refractivity contribution in [3.8, 4) is 0 Å². The second-order valence-corrected chi connectivity index (χ2v) is 6.41. The third-order valence-electron chi connectivity index (χ3n) is 3.45. The van der Waals surface area contributed by atoms with Gasteiger partial charge in [-0.25, -0.2) is 0 Å². The van der Waals surface area contributed by atoms with E-state index in [1.165, 1.54) is 19.3 Å². The van der Waals surface area contributed by atoms with E-state index in [0.29, 0.717) is 22.8 Å². The largest absolute Gasteiger partial charge is 0.399 e. The lowest BCUT2D eigenvalue weighted by molar-refractivity contribution is 0.0944. The number of anilines is 1. The van der Waals surface area contributed by atoms with Crippen LogP contribution < -0.4 is 11.1 Å². The van der Waals surface area contributed by atoms with Crippen LogP contribution in [-0.4, -0.2) is 23.5 Å². The first kappa shape index (κ1) is 13.6. The summed E-state index contributed by atoms with van der Waals surface area (Å²) in [6.45, 7) is 0.708. The fourth-order valence-electron chi connectivity index (χ4n) is 2.11. The number of benzene rings is 1. The van der Waals surface area contributed by atoms with E-state index in [0.717, 1.165) is 0 Å². The molecule has 3 N–H and O–H groups in total. The maximum absolute atomic E-state index is 12.0.